The minimum atomic E-state index is -1.35. The lowest BCUT2D eigenvalue weighted by atomic mass is 10.1. The molecule has 3 nitrogen and oxygen atoms in total. The smallest absolute Gasteiger partial charge is 0.170 e. The van der Waals surface area contributed by atoms with Crippen LogP contribution < -0.4 is 0 Å². The Balaban J connectivity index is 2.80. The molecule has 0 fully saturated rings. The molecule has 1 aromatic rings. The molecular weight excluding hydrogens is 154 g/mol. The van der Waals surface area contributed by atoms with Crippen molar-refractivity contribution in [1.82, 2.24) is 0 Å². The molecule has 0 unspecified atom stereocenters. The second-order valence-corrected chi connectivity index (χ2v) is 2.43. The molecule has 0 aromatic heterocycles. The van der Waals surface area contributed by atoms with Gasteiger partial charge in [0.25, 0.3) is 0 Å². The Morgan fingerprint density at radius 2 is 1.75 bits per heavy atom. The number of nitrogens with zero attached hydrogens (tertiary/aromatic N) is 1. The standard InChI is InChI=1S/C9H9NO2/c10-6-8(11)9(12)7-4-2-1-3-5-7/h1-5,8-9,11-12H/t8-,9+/m0/s1. The van der Waals surface area contributed by atoms with Crippen LogP contribution in [-0.2, 0) is 0 Å². The maximum Gasteiger partial charge on any atom is 0.170 e. The van der Waals surface area contributed by atoms with E-state index in [1.165, 1.54) is 0 Å². The van der Waals surface area contributed by atoms with E-state index in [1.807, 2.05) is 0 Å². The Hall–Kier alpha value is -1.37. The molecule has 62 valence electrons. The quantitative estimate of drug-likeness (QED) is 0.627. The Kier molecular flexibility index (Phi) is 2.81. The van der Waals surface area contributed by atoms with Gasteiger partial charge in [0.1, 0.15) is 6.10 Å². The van der Waals surface area contributed by atoms with Crippen LogP contribution in [-0.4, -0.2) is 16.3 Å². The van der Waals surface area contributed by atoms with Crippen LogP contribution in [0.25, 0.3) is 0 Å². The lowest BCUT2D eigenvalue weighted by Gasteiger charge is -2.10. The Morgan fingerprint density at radius 3 is 2.25 bits per heavy atom. The molecule has 0 aliphatic rings. The molecule has 1 rings (SSSR count). The molecule has 3 heteroatoms. The van der Waals surface area contributed by atoms with Gasteiger partial charge >= 0.3 is 0 Å². The second kappa shape index (κ2) is 3.86. The maximum absolute atomic E-state index is 9.32. The number of benzene rings is 1. The first-order valence-electron chi connectivity index (χ1n) is 3.56. The van der Waals surface area contributed by atoms with Crippen molar-refractivity contribution in [2.75, 3.05) is 0 Å². The summed E-state index contributed by atoms with van der Waals surface area (Å²) in [5, 5.41) is 26.6. The summed E-state index contributed by atoms with van der Waals surface area (Å²) in [5.74, 6) is 0. The SMILES string of the molecule is N#C[C@H](O)[C@H](O)c1ccccc1. The van der Waals surface area contributed by atoms with E-state index in [4.69, 9.17) is 10.4 Å². The number of hydrogen-bond acceptors (Lipinski definition) is 3. The molecule has 0 bridgehead atoms. The van der Waals surface area contributed by atoms with E-state index in [9.17, 15) is 5.11 Å². The molecule has 0 heterocycles. The van der Waals surface area contributed by atoms with Crippen LogP contribution in [0.5, 0.6) is 0 Å². The molecule has 0 aliphatic carbocycles. The third kappa shape index (κ3) is 1.82. The largest absolute Gasteiger partial charge is 0.385 e. The van der Waals surface area contributed by atoms with Crippen LogP contribution >= 0.6 is 0 Å². The van der Waals surface area contributed by atoms with E-state index in [-0.39, 0.29) is 0 Å². The molecule has 12 heavy (non-hydrogen) atoms. The second-order valence-electron chi connectivity index (χ2n) is 2.43. The van der Waals surface area contributed by atoms with Gasteiger partial charge in [-0.2, -0.15) is 5.26 Å². The summed E-state index contributed by atoms with van der Waals surface area (Å²) in [6.45, 7) is 0. The van der Waals surface area contributed by atoms with Gasteiger partial charge in [-0.25, -0.2) is 0 Å². The Bertz CT molecular complexity index is 278. The van der Waals surface area contributed by atoms with E-state index in [1.54, 1.807) is 36.4 Å². The van der Waals surface area contributed by atoms with Gasteiger partial charge in [-0.15, -0.1) is 0 Å². The Morgan fingerprint density at radius 1 is 1.17 bits per heavy atom. The molecule has 0 amide bonds. The van der Waals surface area contributed by atoms with Crippen molar-refractivity contribution in [2.45, 2.75) is 12.2 Å². The summed E-state index contributed by atoms with van der Waals surface area (Å²) in [4.78, 5) is 0. The van der Waals surface area contributed by atoms with Crippen molar-refractivity contribution in [3.63, 3.8) is 0 Å². The highest BCUT2D eigenvalue weighted by Crippen LogP contribution is 2.15. The molecule has 2 N–H and O–H groups in total. The van der Waals surface area contributed by atoms with Crippen molar-refractivity contribution in [3.05, 3.63) is 35.9 Å². The fourth-order valence-electron chi connectivity index (χ4n) is 0.903. The van der Waals surface area contributed by atoms with Crippen LogP contribution in [0, 0.1) is 11.3 Å². The Labute approximate surface area is 70.5 Å². The third-order valence-electron chi connectivity index (χ3n) is 1.57. The van der Waals surface area contributed by atoms with E-state index in [0.717, 1.165) is 0 Å². The van der Waals surface area contributed by atoms with Gasteiger partial charge in [0.2, 0.25) is 0 Å². The average molecular weight is 163 g/mol. The summed E-state index contributed by atoms with van der Waals surface area (Å²) in [5.41, 5.74) is 0.548. The lowest BCUT2D eigenvalue weighted by molar-refractivity contribution is 0.0528. The van der Waals surface area contributed by atoms with Crippen molar-refractivity contribution in [2.24, 2.45) is 0 Å². The predicted octanol–water partition coefficient (Wildman–Crippen LogP) is 0.604. The summed E-state index contributed by atoms with van der Waals surface area (Å²) in [6.07, 6.45) is -2.47. The molecule has 0 radical (unpaired) electrons. The first kappa shape index (κ1) is 8.72. The van der Waals surface area contributed by atoms with E-state index in [2.05, 4.69) is 0 Å². The van der Waals surface area contributed by atoms with Crippen molar-refractivity contribution in [3.8, 4) is 6.07 Å². The number of hydrogen-bond donors (Lipinski definition) is 2. The molecular formula is C9H9NO2. The molecule has 0 spiro atoms. The first-order chi connectivity index (χ1) is 5.75. The summed E-state index contributed by atoms with van der Waals surface area (Å²) in [7, 11) is 0. The number of aliphatic hydroxyl groups excluding tert-OH is 2. The topological polar surface area (TPSA) is 64.2 Å². The van der Waals surface area contributed by atoms with Gasteiger partial charge < -0.3 is 10.2 Å². The van der Waals surface area contributed by atoms with E-state index < -0.39 is 12.2 Å². The van der Waals surface area contributed by atoms with Crippen LogP contribution in [0.3, 0.4) is 0 Å². The molecule has 2 atom stereocenters. The van der Waals surface area contributed by atoms with Crippen LogP contribution in [0.15, 0.2) is 30.3 Å². The minimum Gasteiger partial charge on any atom is -0.385 e. The highest BCUT2D eigenvalue weighted by molar-refractivity contribution is 5.19. The zero-order valence-corrected chi connectivity index (χ0v) is 6.38. The monoisotopic (exact) mass is 163 g/mol. The number of rotatable bonds is 2. The predicted molar refractivity (Wildman–Crippen MR) is 43.0 cm³/mol. The van der Waals surface area contributed by atoms with Gasteiger partial charge in [-0.3, -0.25) is 0 Å². The zero-order chi connectivity index (χ0) is 8.97. The van der Waals surface area contributed by atoms with Crippen molar-refractivity contribution < 1.29 is 10.2 Å². The normalized spacial score (nSPS) is 14.8. The highest BCUT2D eigenvalue weighted by Gasteiger charge is 2.16. The van der Waals surface area contributed by atoms with Gasteiger partial charge in [0.05, 0.1) is 6.07 Å². The van der Waals surface area contributed by atoms with Crippen molar-refractivity contribution >= 4 is 0 Å². The fraction of sp³-hybridized carbons (Fsp3) is 0.222. The number of nitriles is 1. The van der Waals surface area contributed by atoms with Crippen LogP contribution in [0.1, 0.15) is 11.7 Å². The zero-order valence-electron chi connectivity index (χ0n) is 6.38. The highest BCUT2D eigenvalue weighted by atomic mass is 16.3. The summed E-state index contributed by atoms with van der Waals surface area (Å²) in [6, 6.07) is 10.2. The minimum absolute atomic E-state index is 0.548. The molecule has 1 aromatic carbocycles. The fourth-order valence-corrected chi connectivity index (χ4v) is 0.903. The molecule has 0 saturated carbocycles. The number of aliphatic hydroxyl groups is 2. The average Bonchev–Trinajstić information content (AvgIpc) is 2.17. The first-order valence-corrected chi connectivity index (χ1v) is 3.56. The van der Waals surface area contributed by atoms with Gasteiger partial charge in [0.15, 0.2) is 6.10 Å². The molecule has 0 saturated heterocycles. The van der Waals surface area contributed by atoms with Crippen molar-refractivity contribution in [1.29, 1.82) is 5.26 Å². The third-order valence-corrected chi connectivity index (χ3v) is 1.57. The van der Waals surface area contributed by atoms with Gasteiger partial charge in [0, 0.05) is 0 Å². The summed E-state index contributed by atoms with van der Waals surface area (Å²) >= 11 is 0. The van der Waals surface area contributed by atoms with Crippen LogP contribution in [0.2, 0.25) is 0 Å². The molecule has 0 aliphatic heterocycles. The van der Waals surface area contributed by atoms with Gasteiger partial charge in [-0.05, 0) is 5.56 Å². The van der Waals surface area contributed by atoms with Gasteiger partial charge in [-0.1, -0.05) is 30.3 Å². The lowest BCUT2D eigenvalue weighted by Crippen LogP contribution is -2.15. The maximum atomic E-state index is 9.32. The summed E-state index contributed by atoms with van der Waals surface area (Å²) < 4.78 is 0. The van der Waals surface area contributed by atoms with E-state index >= 15 is 0 Å². The van der Waals surface area contributed by atoms with E-state index in [0.29, 0.717) is 5.56 Å². The van der Waals surface area contributed by atoms with Crippen LogP contribution in [0.4, 0.5) is 0 Å².